The van der Waals surface area contributed by atoms with Gasteiger partial charge in [0.2, 0.25) is 0 Å². The summed E-state index contributed by atoms with van der Waals surface area (Å²) in [5.74, 6) is -2.93. The van der Waals surface area contributed by atoms with Crippen LogP contribution in [0.1, 0.15) is 37.2 Å². The molecule has 0 atom stereocenters. The van der Waals surface area contributed by atoms with E-state index in [1.165, 1.54) is 0 Å². The van der Waals surface area contributed by atoms with Gasteiger partial charge in [-0.2, -0.15) is 0 Å². The molecule has 0 aliphatic heterocycles. The van der Waals surface area contributed by atoms with E-state index in [1.54, 1.807) is 0 Å². The van der Waals surface area contributed by atoms with Crippen LogP contribution in [0.2, 0.25) is 0 Å². The molecule has 0 aromatic heterocycles. The fraction of sp³-hybridized carbons (Fsp3) is 0.429. The van der Waals surface area contributed by atoms with Crippen molar-refractivity contribution < 1.29 is 13.2 Å². The van der Waals surface area contributed by atoms with Gasteiger partial charge in [-0.3, -0.25) is 0 Å². The Bertz CT molecular complexity index is 394. The van der Waals surface area contributed by atoms with Crippen molar-refractivity contribution in [3.63, 3.8) is 0 Å². The average Bonchev–Trinajstić information content (AvgIpc) is 2.35. The van der Waals surface area contributed by atoms with Crippen LogP contribution in [0.4, 0.5) is 13.2 Å². The molecule has 1 saturated carbocycles. The molecule has 0 heterocycles. The minimum atomic E-state index is -1.38. The molecule has 0 nitrogen and oxygen atoms in total. The SMILES string of the molecule is C=C[C@H]1CC[C@H](c2cc(F)c(F)c(F)c2)CC1. The smallest absolute Gasteiger partial charge is 0.194 e. The van der Waals surface area contributed by atoms with Crippen LogP contribution in [-0.2, 0) is 0 Å². The summed E-state index contributed by atoms with van der Waals surface area (Å²) in [6.45, 7) is 3.75. The molecule has 17 heavy (non-hydrogen) atoms. The second-order valence-electron chi connectivity index (χ2n) is 4.65. The van der Waals surface area contributed by atoms with Crippen LogP contribution in [-0.4, -0.2) is 0 Å². The van der Waals surface area contributed by atoms with Gasteiger partial charge in [0.05, 0.1) is 0 Å². The maximum absolute atomic E-state index is 13.1. The summed E-state index contributed by atoms with van der Waals surface area (Å²) in [5, 5.41) is 0. The Morgan fingerprint density at radius 1 is 1.00 bits per heavy atom. The summed E-state index contributed by atoms with van der Waals surface area (Å²) in [6.07, 6.45) is 5.65. The highest BCUT2D eigenvalue weighted by Gasteiger charge is 2.22. The van der Waals surface area contributed by atoms with Crippen molar-refractivity contribution in [1.29, 1.82) is 0 Å². The van der Waals surface area contributed by atoms with E-state index in [-0.39, 0.29) is 5.92 Å². The molecule has 1 fully saturated rings. The first kappa shape index (κ1) is 12.2. The van der Waals surface area contributed by atoms with E-state index in [2.05, 4.69) is 6.58 Å². The normalized spacial score (nSPS) is 24.6. The third-order valence-electron chi connectivity index (χ3n) is 3.58. The Labute approximate surface area is 99.2 Å². The van der Waals surface area contributed by atoms with Gasteiger partial charge in [-0.15, -0.1) is 6.58 Å². The molecular weight excluding hydrogens is 225 g/mol. The van der Waals surface area contributed by atoms with Gasteiger partial charge in [-0.05, 0) is 55.2 Å². The fourth-order valence-corrected chi connectivity index (χ4v) is 2.50. The van der Waals surface area contributed by atoms with Crippen LogP contribution in [0.15, 0.2) is 24.8 Å². The van der Waals surface area contributed by atoms with Gasteiger partial charge < -0.3 is 0 Å². The molecule has 1 aromatic rings. The molecule has 3 heteroatoms. The number of hydrogen-bond acceptors (Lipinski definition) is 0. The maximum atomic E-state index is 13.1. The van der Waals surface area contributed by atoms with Gasteiger partial charge in [-0.25, -0.2) is 13.2 Å². The zero-order chi connectivity index (χ0) is 12.4. The van der Waals surface area contributed by atoms with Crippen molar-refractivity contribution >= 4 is 0 Å². The molecule has 0 bridgehead atoms. The highest BCUT2D eigenvalue weighted by Crippen LogP contribution is 2.36. The minimum Gasteiger partial charge on any atom is -0.204 e. The van der Waals surface area contributed by atoms with Crippen molar-refractivity contribution in [3.05, 3.63) is 47.8 Å². The first-order chi connectivity index (χ1) is 8.11. The molecule has 92 valence electrons. The minimum absolute atomic E-state index is 0.135. The highest BCUT2D eigenvalue weighted by atomic mass is 19.2. The van der Waals surface area contributed by atoms with Crippen molar-refractivity contribution in [1.82, 2.24) is 0 Å². The zero-order valence-electron chi connectivity index (χ0n) is 9.56. The summed E-state index contributed by atoms with van der Waals surface area (Å²) in [5.41, 5.74) is 0.573. The summed E-state index contributed by atoms with van der Waals surface area (Å²) in [6, 6.07) is 2.24. The molecule has 0 saturated heterocycles. The first-order valence-corrected chi connectivity index (χ1v) is 5.88. The maximum Gasteiger partial charge on any atom is 0.194 e. The lowest BCUT2D eigenvalue weighted by Crippen LogP contribution is -2.12. The van der Waals surface area contributed by atoms with Crippen molar-refractivity contribution in [2.45, 2.75) is 31.6 Å². The van der Waals surface area contributed by atoms with E-state index in [0.717, 1.165) is 37.8 Å². The van der Waals surface area contributed by atoms with Crippen molar-refractivity contribution in [3.8, 4) is 0 Å². The van der Waals surface area contributed by atoms with E-state index in [0.29, 0.717) is 11.5 Å². The zero-order valence-corrected chi connectivity index (χ0v) is 9.56. The van der Waals surface area contributed by atoms with Crippen LogP contribution in [0.3, 0.4) is 0 Å². The van der Waals surface area contributed by atoms with E-state index >= 15 is 0 Å². The Morgan fingerprint density at radius 3 is 2.00 bits per heavy atom. The summed E-state index contributed by atoms with van der Waals surface area (Å²) < 4.78 is 39.0. The number of halogens is 3. The van der Waals surface area contributed by atoms with Gasteiger partial charge in [0.25, 0.3) is 0 Å². The summed E-state index contributed by atoms with van der Waals surface area (Å²) >= 11 is 0. The van der Waals surface area contributed by atoms with Crippen LogP contribution in [0.5, 0.6) is 0 Å². The number of rotatable bonds is 2. The Kier molecular flexibility index (Phi) is 3.55. The van der Waals surface area contributed by atoms with Crippen LogP contribution in [0, 0.1) is 23.4 Å². The summed E-state index contributed by atoms with van der Waals surface area (Å²) in [4.78, 5) is 0. The Hall–Kier alpha value is -1.25. The average molecular weight is 240 g/mol. The third-order valence-corrected chi connectivity index (χ3v) is 3.58. The van der Waals surface area contributed by atoms with E-state index in [4.69, 9.17) is 0 Å². The van der Waals surface area contributed by atoms with Crippen LogP contribution < -0.4 is 0 Å². The lowest BCUT2D eigenvalue weighted by atomic mass is 9.79. The van der Waals surface area contributed by atoms with Gasteiger partial charge in [0.15, 0.2) is 17.5 Å². The molecular formula is C14H15F3. The molecule has 0 amide bonds. The van der Waals surface area contributed by atoms with Crippen LogP contribution in [0.25, 0.3) is 0 Å². The fourth-order valence-electron chi connectivity index (χ4n) is 2.50. The number of benzene rings is 1. The molecule has 0 spiro atoms. The predicted octanol–water partition coefficient (Wildman–Crippen LogP) is 4.56. The predicted molar refractivity (Wildman–Crippen MR) is 61.2 cm³/mol. The second-order valence-corrected chi connectivity index (χ2v) is 4.65. The van der Waals surface area contributed by atoms with Gasteiger partial charge >= 0.3 is 0 Å². The number of allylic oxidation sites excluding steroid dienone is 1. The lowest BCUT2D eigenvalue weighted by molar-refractivity contribution is 0.371. The molecule has 1 aromatic carbocycles. The van der Waals surface area contributed by atoms with Gasteiger partial charge in [-0.1, -0.05) is 6.08 Å². The Morgan fingerprint density at radius 2 is 1.53 bits per heavy atom. The molecule has 0 N–H and O–H groups in total. The quantitative estimate of drug-likeness (QED) is 0.525. The first-order valence-electron chi connectivity index (χ1n) is 5.88. The van der Waals surface area contributed by atoms with Crippen LogP contribution >= 0.6 is 0 Å². The van der Waals surface area contributed by atoms with E-state index in [1.807, 2.05) is 6.08 Å². The topological polar surface area (TPSA) is 0 Å². The summed E-state index contributed by atoms with van der Waals surface area (Å²) in [7, 11) is 0. The number of hydrogen-bond donors (Lipinski definition) is 0. The largest absolute Gasteiger partial charge is 0.204 e. The standard InChI is InChI=1S/C14H15F3/c1-2-9-3-5-10(6-4-9)11-7-12(15)14(17)13(16)8-11/h2,7-10H,1,3-6H2/t9-,10-. The van der Waals surface area contributed by atoms with Crippen molar-refractivity contribution in [2.24, 2.45) is 5.92 Å². The van der Waals surface area contributed by atoms with Gasteiger partial charge in [0.1, 0.15) is 0 Å². The molecule has 0 radical (unpaired) electrons. The molecule has 1 aliphatic carbocycles. The third kappa shape index (κ3) is 2.54. The van der Waals surface area contributed by atoms with E-state index in [9.17, 15) is 13.2 Å². The van der Waals surface area contributed by atoms with Crippen molar-refractivity contribution in [2.75, 3.05) is 0 Å². The molecule has 2 rings (SSSR count). The second kappa shape index (κ2) is 4.94. The highest BCUT2D eigenvalue weighted by molar-refractivity contribution is 5.23. The molecule has 0 unspecified atom stereocenters. The lowest BCUT2D eigenvalue weighted by Gasteiger charge is -2.27. The Balaban J connectivity index is 2.16. The van der Waals surface area contributed by atoms with Gasteiger partial charge in [0, 0.05) is 0 Å². The van der Waals surface area contributed by atoms with E-state index < -0.39 is 17.5 Å². The monoisotopic (exact) mass is 240 g/mol. The molecule has 1 aliphatic rings.